The SMILES string of the molecule is Cc1ccc([C@H]2CN(C(=O)OC(C)(C)C)CCO2)cc1O. The van der Waals surface area contributed by atoms with Crippen molar-refractivity contribution in [2.75, 3.05) is 19.7 Å². The van der Waals surface area contributed by atoms with Gasteiger partial charge in [0.1, 0.15) is 17.5 Å². The molecule has 1 saturated heterocycles. The van der Waals surface area contributed by atoms with Gasteiger partial charge in [-0.15, -0.1) is 0 Å². The fraction of sp³-hybridized carbons (Fsp3) is 0.562. The molecule has 1 aliphatic rings. The number of carbonyl (C=O) groups excluding carboxylic acids is 1. The Bertz CT molecular complexity index is 521. The monoisotopic (exact) mass is 293 g/mol. The van der Waals surface area contributed by atoms with Crippen LogP contribution in [-0.2, 0) is 9.47 Å². The third-order valence-corrected chi connectivity index (χ3v) is 3.32. The largest absolute Gasteiger partial charge is 0.508 e. The quantitative estimate of drug-likeness (QED) is 0.864. The van der Waals surface area contributed by atoms with E-state index < -0.39 is 5.60 Å². The first-order valence-corrected chi connectivity index (χ1v) is 7.15. The van der Waals surface area contributed by atoms with Gasteiger partial charge in [-0.1, -0.05) is 12.1 Å². The third kappa shape index (κ3) is 4.11. The number of phenols is 1. The lowest BCUT2D eigenvalue weighted by Crippen LogP contribution is -2.44. The molecular formula is C16H23NO4. The van der Waals surface area contributed by atoms with Crippen LogP contribution in [0.1, 0.15) is 38.0 Å². The van der Waals surface area contributed by atoms with Crippen LogP contribution < -0.4 is 0 Å². The summed E-state index contributed by atoms with van der Waals surface area (Å²) in [4.78, 5) is 13.8. The van der Waals surface area contributed by atoms with Crippen LogP contribution in [0.4, 0.5) is 4.79 Å². The first-order chi connectivity index (χ1) is 9.76. The van der Waals surface area contributed by atoms with Crippen LogP contribution in [0, 0.1) is 6.92 Å². The van der Waals surface area contributed by atoms with Crippen LogP contribution in [0.3, 0.4) is 0 Å². The van der Waals surface area contributed by atoms with Crippen LogP contribution >= 0.6 is 0 Å². The Morgan fingerprint density at radius 2 is 2.14 bits per heavy atom. The summed E-state index contributed by atoms with van der Waals surface area (Å²) in [7, 11) is 0. The molecule has 5 nitrogen and oxygen atoms in total. The first-order valence-electron chi connectivity index (χ1n) is 7.15. The second-order valence-electron chi connectivity index (χ2n) is 6.33. The number of carbonyl (C=O) groups is 1. The predicted octanol–water partition coefficient (Wildman–Crippen LogP) is 3.01. The van der Waals surface area contributed by atoms with E-state index in [-0.39, 0.29) is 17.9 Å². The lowest BCUT2D eigenvalue weighted by Gasteiger charge is -2.34. The Labute approximate surface area is 125 Å². The van der Waals surface area contributed by atoms with E-state index in [1.807, 2.05) is 39.8 Å². The highest BCUT2D eigenvalue weighted by Gasteiger charge is 2.29. The first kappa shape index (κ1) is 15.6. The number of aryl methyl sites for hydroxylation is 1. The fourth-order valence-electron chi connectivity index (χ4n) is 2.17. The van der Waals surface area contributed by atoms with Crippen molar-refractivity contribution in [2.24, 2.45) is 0 Å². The second kappa shape index (κ2) is 5.93. The molecular weight excluding hydrogens is 270 g/mol. The minimum Gasteiger partial charge on any atom is -0.508 e. The van der Waals surface area contributed by atoms with E-state index in [4.69, 9.17) is 9.47 Å². The maximum atomic E-state index is 12.1. The standard InChI is InChI=1S/C16H23NO4/c1-11-5-6-12(9-13(11)18)14-10-17(7-8-20-14)15(19)21-16(2,3)4/h5-6,9,14,18H,7-8,10H2,1-4H3/t14-/m1/s1. The van der Waals surface area contributed by atoms with Crippen molar-refractivity contribution in [3.8, 4) is 5.75 Å². The van der Waals surface area contributed by atoms with Crippen molar-refractivity contribution >= 4 is 6.09 Å². The van der Waals surface area contributed by atoms with E-state index in [0.29, 0.717) is 19.7 Å². The molecule has 1 amide bonds. The van der Waals surface area contributed by atoms with Crippen LogP contribution in [0.15, 0.2) is 18.2 Å². The van der Waals surface area contributed by atoms with Gasteiger partial charge < -0.3 is 19.5 Å². The number of morpholine rings is 1. The summed E-state index contributed by atoms with van der Waals surface area (Å²) in [5.74, 6) is 0.241. The van der Waals surface area contributed by atoms with Crippen LogP contribution in [-0.4, -0.2) is 41.4 Å². The Hall–Kier alpha value is -1.75. The van der Waals surface area contributed by atoms with E-state index in [2.05, 4.69) is 0 Å². The molecule has 5 heteroatoms. The average Bonchev–Trinajstić information content (AvgIpc) is 2.40. The maximum absolute atomic E-state index is 12.1. The fourth-order valence-corrected chi connectivity index (χ4v) is 2.17. The Morgan fingerprint density at radius 1 is 1.43 bits per heavy atom. The minimum absolute atomic E-state index is 0.238. The van der Waals surface area contributed by atoms with Gasteiger partial charge in [-0.3, -0.25) is 0 Å². The molecule has 116 valence electrons. The molecule has 1 aromatic carbocycles. The molecule has 1 fully saturated rings. The Morgan fingerprint density at radius 3 is 2.76 bits per heavy atom. The van der Waals surface area contributed by atoms with Crippen LogP contribution in [0.25, 0.3) is 0 Å². The lowest BCUT2D eigenvalue weighted by atomic mass is 10.1. The molecule has 0 radical (unpaired) electrons. The summed E-state index contributed by atoms with van der Waals surface area (Å²) in [6, 6.07) is 5.46. The molecule has 1 N–H and O–H groups in total. The van der Waals surface area contributed by atoms with E-state index >= 15 is 0 Å². The molecule has 0 aliphatic carbocycles. The molecule has 1 atom stereocenters. The summed E-state index contributed by atoms with van der Waals surface area (Å²) in [6.07, 6.45) is -0.565. The molecule has 0 bridgehead atoms. The zero-order valence-electron chi connectivity index (χ0n) is 13.0. The number of hydrogen-bond donors (Lipinski definition) is 1. The zero-order chi connectivity index (χ0) is 15.6. The minimum atomic E-state index is -0.507. The van der Waals surface area contributed by atoms with Gasteiger partial charge in [0.05, 0.1) is 13.2 Å². The van der Waals surface area contributed by atoms with Gasteiger partial charge in [0.15, 0.2) is 0 Å². The van der Waals surface area contributed by atoms with Gasteiger partial charge in [0.25, 0.3) is 0 Å². The topological polar surface area (TPSA) is 59.0 Å². The van der Waals surface area contributed by atoms with E-state index in [9.17, 15) is 9.90 Å². The zero-order valence-corrected chi connectivity index (χ0v) is 13.0. The highest BCUT2D eigenvalue weighted by Crippen LogP contribution is 2.27. The molecule has 0 aromatic heterocycles. The molecule has 2 rings (SSSR count). The van der Waals surface area contributed by atoms with E-state index in [1.54, 1.807) is 11.0 Å². The van der Waals surface area contributed by atoms with Crippen molar-refractivity contribution < 1.29 is 19.4 Å². The number of rotatable bonds is 1. The summed E-state index contributed by atoms with van der Waals surface area (Å²) in [5, 5.41) is 9.80. The van der Waals surface area contributed by atoms with E-state index in [0.717, 1.165) is 11.1 Å². The number of nitrogens with zero attached hydrogens (tertiary/aromatic N) is 1. The molecule has 21 heavy (non-hydrogen) atoms. The highest BCUT2D eigenvalue weighted by atomic mass is 16.6. The van der Waals surface area contributed by atoms with Gasteiger partial charge in [0, 0.05) is 6.54 Å². The number of benzene rings is 1. The smallest absolute Gasteiger partial charge is 0.410 e. The lowest BCUT2D eigenvalue weighted by molar-refractivity contribution is -0.0433. The van der Waals surface area contributed by atoms with E-state index in [1.165, 1.54) is 0 Å². The number of hydrogen-bond acceptors (Lipinski definition) is 4. The normalized spacial score (nSPS) is 19.4. The number of ether oxygens (including phenoxy) is 2. The summed E-state index contributed by atoms with van der Waals surface area (Å²) < 4.78 is 11.1. The number of phenolic OH excluding ortho intramolecular Hbond substituents is 1. The molecule has 0 saturated carbocycles. The van der Waals surface area contributed by atoms with Gasteiger partial charge >= 0.3 is 6.09 Å². The molecule has 1 heterocycles. The van der Waals surface area contributed by atoms with Gasteiger partial charge in [-0.2, -0.15) is 0 Å². The average molecular weight is 293 g/mol. The van der Waals surface area contributed by atoms with Crippen LogP contribution in [0.5, 0.6) is 5.75 Å². The van der Waals surface area contributed by atoms with Crippen molar-refractivity contribution in [3.63, 3.8) is 0 Å². The summed E-state index contributed by atoms with van der Waals surface area (Å²) in [5.41, 5.74) is 1.18. The summed E-state index contributed by atoms with van der Waals surface area (Å²) >= 11 is 0. The Kier molecular flexibility index (Phi) is 4.42. The van der Waals surface area contributed by atoms with Gasteiger partial charge in [-0.05, 0) is 44.9 Å². The third-order valence-electron chi connectivity index (χ3n) is 3.32. The molecule has 1 aromatic rings. The highest BCUT2D eigenvalue weighted by molar-refractivity contribution is 5.68. The summed E-state index contributed by atoms with van der Waals surface area (Å²) in [6.45, 7) is 8.79. The molecule has 1 aliphatic heterocycles. The maximum Gasteiger partial charge on any atom is 0.410 e. The van der Waals surface area contributed by atoms with Crippen molar-refractivity contribution in [1.29, 1.82) is 0 Å². The molecule has 0 unspecified atom stereocenters. The Balaban J connectivity index is 2.06. The van der Waals surface area contributed by atoms with Gasteiger partial charge in [-0.25, -0.2) is 4.79 Å². The number of amides is 1. The predicted molar refractivity (Wildman–Crippen MR) is 79.3 cm³/mol. The number of aromatic hydroxyl groups is 1. The van der Waals surface area contributed by atoms with Gasteiger partial charge in [0.2, 0.25) is 0 Å². The van der Waals surface area contributed by atoms with Crippen molar-refractivity contribution in [3.05, 3.63) is 29.3 Å². The van der Waals surface area contributed by atoms with Crippen molar-refractivity contribution in [1.82, 2.24) is 4.90 Å². The van der Waals surface area contributed by atoms with Crippen molar-refractivity contribution in [2.45, 2.75) is 39.4 Å². The second-order valence-corrected chi connectivity index (χ2v) is 6.33. The van der Waals surface area contributed by atoms with Crippen LogP contribution in [0.2, 0.25) is 0 Å². The molecule has 0 spiro atoms.